The van der Waals surface area contributed by atoms with Crippen LogP contribution in [0.15, 0.2) is 64.6 Å². The van der Waals surface area contributed by atoms with Crippen molar-refractivity contribution in [1.82, 2.24) is 9.78 Å². The highest BCUT2D eigenvalue weighted by Crippen LogP contribution is 2.58. The molecule has 1 N–H and O–H groups in total. The van der Waals surface area contributed by atoms with Gasteiger partial charge in [0.05, 0.1) is 27.0 Å². The average Bonchev–Trinajstić information content (AvgIpc) is 3.25. The summed E-state index contributed by atoms with van der Waals surface area (Å²) in [5.74, 6) is -2.30. The number of aryl methyl sites for hydroxylation is 1. The van der Waals surface area contributed by atoms with E-state index < -0.39 is 45.4 Å². The topological polar surface area (TPSA) is 75.2 Å². The van der Waals surface area contributed by atoms with E-state index in [1.807, 2.05) is 0 Å². The van der Waals surface area contributed by atoms with Crippen molar-refractivity contribution in [2.45, 2.75) is 45.2 Å². The lowest BCUT2D eigenvalue weighted by Crippen LogP contribution is -2.55. The third kappa shape index (κ3) is 3.66. The predicted octanol–water partition coefficient (Wildman–Crippen LogP) is 6.27. The third-order valence-electron chi connectivity index (χ3n) is 7.07. The standard InChI is InChI=1S/C27H22Cl2F3N3O3/c1-14-21(23(37)35(33-14)15-7-5-4-6-8-15)26(27(30,31)32)22-19(12-25(2,3)13-20(22)36)34(24(26)38)16-9-10-17(28)18(29)11-16/h4-11,33H,12-13H2,1-3H3. The van der Waals surface area contributed by atoms with E-state index >= 15 is 13.2 Å². The number of rotatable bonds is 3. The maximum Gasteiger partial charge on any atom is 0.411 e. The quantitative estimate of drug-likeness (QED) is 0.408. The minimum Gasteiger partial charge on any atom is -0.295 e. The van der Waals surface area contributed by atoms with Crippen LogP contribution >= 0.6 is 23.2 Å². The lowest BCUT2D eigenvalue weighted by Gasteiger charge is -2.35. The number of aromatic amines is 1. The molecule has 38 heavy (non-hydrogen) atoms. The van der Waals surface area contributed by atoms with Crippen molar-refractivity contribution >= 4 is 40.6 Å². The highest BCUT2D eigenvalue weighted by molar-refractivity contribution is 6.42. The molecule has 1 aromatic heterocycles. The van der Waals surface area contributed by atoms with Gasteiger partial charge in [0.25, 0.3) is 11.5 Å². The number of H-pyrrole nitrogens is 1. The van der Waals surface area contributed by atoms with Gasteiger partial charge in [-0.25, -0.2) is 4.68 Å². The minimum absolute atomic E-state index is 0.00572. The maximum atomic E-state index is 15.4. The van der Waals surface area contributed by atoms with Crippen molar-refractivity contribution in [3.63, 3.8) is 0 Å². The van der Waals surface area contributed by atoms with E-state index in [9.17, 15) is 14.4 Å². The van der Waals surface area contributed by atoms with Crippen molar-refractivity contribution in [1.29, 1.82) is 0 Å². The molecule has 5 rings (SSSR count). The van der Waals surface area contributed by atoms with Crippen molar-refractivity contribution in [3.05, 3.63) is 91.5 Å². The number of amides is 1. The first-order valence-electron chi connectivity index (χ1n) is 11.7. The Morgan fingerprint density at radius 1 is 0.921 bits per heavy atom. The monoisotopic (exact) mass is 563 g/mol. The molecule has 1 unspecified atom stereocenters. The summed E-state index contributed by atoms with van der Waals surface area (Å²) in [5.41, 5.74) is -6.85. The molecule has 2 aromatic carbocycles. The van der Waals surface area contributed by atoms with Crippen LogP contribution in [0, 0.1) is 12.3 Å². The number of ketones is 1. The Bertz CT molecular complexity index is 1590. The minimum atomic E-state index is -5.33. The van der Waals surface area contributed by atoms with Gasteiger partial charge >= 0.3 is 6.18 Å². The number of carbonyl (C=O) groups is 2. The van der Waals surface area contributed by atoms with E-state index in [1.54, 1.807) is 44.2 Å². The van der Waals surface area contributed by atoms with Gasteiger partial charge in [0.1, 0.15) is 0 Å². The Balaban J connectivity index is 1.88. The zero-order valence-corrected chi connectivity index (χ0v) is 22.1. The fraction of sp³-hybridized carbons (Fsp3) is 0.296. The van der Waals surface area contributed by atoms with E-state index in [4.69, 9.17) is 23.2 Å². The lowest BCUT2D eigenvalue weighted by molar-refractivity contribution is -0.184. The van der Waals surface area contributed by atoms with E-state index in [0.29, 0.717) is 0 Å². The zero-order valence-electron chi connectivity index (χ0n) is 20.5. The number of hydrogen-bond donors (Lipinski definition) is 1. The fourth-order valence-electron chi connectivity index (χ4n) is 5.58. The van der Waals surface area contributed by atoms with E-state index in [-0.39, 0.29) is 45.7 Å². The summed E-state index contributed by atoms with van der Waals surface area (Å²) in [6, 6.07) is 12.0. The number of alkyl halides is 3. The molecule has 0 radical (unpaired) electrons. The van der Waals surface area contributed by atoms with Crippen molar-refractivity contribution in [2.75, 3.05) is 4.90 Å². The third-order valence-corrected chi connectivity index (χ3v) is 7.81. The molecule has 6 nitrogen and oxygen atoms in total. The molecule has 0 saturated carbocycles. The first-order valence-corrected chi connectivity index (χ1v) is 12.5. The van der Waals surface area contributed by atoms with Gasteiger partial charge in [-0.15, -0.1) is 0 Å². The Morgan fingerprint density at radius 3 is 2.18 bits per heavy atom. The lowest BCUT2D eigenvalue weighted by atomic mass is 9.66. The number of Topliss-reactive ketones (excluding diaryl/α,β-unsaturated/α-hetero) is 1. The second-order valence-corrected chi connectivity index (χ2v) is 11.2. The SMILES string of the molecule is Cc1[nH]n(-c2ccccc2)c(=O)c1C1(C(F)(F)F)C(=O)N(c2ccc(Cl)c(Cl)c2)C2=C1C(=O)CC(C)(C)C2. The molecule has 3 aromatic rings. The van der Waals surface area contributed by atoms with Gasteiger partial charge in [0.2, 0.25) is 5.41 Å². The predicted molar refractivity (Wildman–Crippen MR) is 138 cm³/mol. The van der Waals surface area contributed by atoms with Crippen LogP contribution in [0.3, 0.4) is 0 Å². The molecule has 11 heteroatoms. The normalized spacial score (nSPS) is 21.3. The first-order chi connectivity index (χ1) is 17.7. The van der Waals surface area contributed by atoms with E-state index in [1.165, 1.54) is 25.1 Å². The highest BCUT2D eigenvalue weighted by Gasteiger charge is 2.73. The van der Waals surface area contributed by atoms with Crippen molar-refractivity contribution in [2.24, 2.45) is 5.41 Å². The van der Waals surface area contributed by atoms with Gasteiger partial charge in [-0.2, -0.15) is 13.2 Å². The molecule has 0 fully saturated rings. The van der Waals surface area contributed by atoms with Crippen molar-refractivity contribution in [3.8, 4) is 5.69 Å². The van der Waals surface area contributed by atoms with Gasteiger partial charge in [-0.3, -0.25) is 24.4 Å². The van der Waals surface area contributed by atoms with Gasteiger partial charge in [0.15, 0.2) is 5.78 Å². The molecule has 1 amide bonds. The number of nitrogens with zero attached hydrogens (tertiary/aromatic N) is 2. The van der Waals surface area contributed by atoms with E-state index in [0.717, 1.165) is 9.58 Å². The summed E-state index contributed by atoms with van der Waals surface area (Å²) in [5, 5.41) is 2.85. The van der Waals surface area contributed by atoms with Crippen LogP contribution in [0.5, 0.6) is 0 Å². The zero-order chi connectivity index (χ0) is 27.8. The van der Waals surface area contributed by atoms with Crippen molar-refractivity contribution < 1.29 is 22.8 Å². The Labute approximate surface area is 225 Å². The molecule has 1 atom stereocenters. The van der Waals surface area contributed by atoms with Crippen LogP contribution in [-0.2, 0) is 15.0 Å². The fourth-order valence-corrected chi connectivity index (χ4v) is 5.88. The molecule has 198 valence electrons. The number of benzene rings is 2. The molecule has 0 saturated heterocycles. The Hall–Kier alpha value is -3.30. The number of carbonyl (C=O) groups excluding carboxylic acids is 2. The molecule has 1 aliphatic carbocycles. The van der Waals surface area contributed by atoms with Crippen LogP contribution in [-0.4, -0.2) is 27.6 Å². The largest absolute Gasteiger partial charge is 0.411 e. The van der Waals surface area contributed by atoms with Gasteiger partial charge in [0, 0.05) is 23.4 Å². The number of allylic oxidation sites excluding steroid dienone is 1. The molecule has 2 aliphatic rings. The van der Waals surface area contributed by atoms with Gasteiger partial charge in [-0.1, -0.05) is 55.2 Å². The van der Waals surface area contributed by atoms with E-state index in [2.05, 4.69) is 5.10 Å². The number of halogens is 5. The summed E-state index contributed by atoms with van der Waals surface area (Å²) < 4.78 is 47.3. The first kappa shape index (κ1) is 26.3. The molecule has 0 bridgehead atoms. The maximum absolute atomic E-state index is 15.4. The second kappa shape index (κ2) is 8.61. The summed E-state index contributed by atoms with van der Waals surface area (Å²) in [4.78, 5) is 42.4. The van der Waals surface area contributed by atoms with Crippen LogP contribution in [0.4, 0.5) is 18.9 Å². The summed E-state index contributed by atoms with van der Waals surface area (Å²) in [6.45, 7) is 4.77. The van der Waals surface area contributed by atoms with Gasteiger partial charge in [-0.05, 0) is 49.1 Å². The van der Waals surface area contributed by atoms with Crippen LogP contribution in [0.1, 0.15) is 37.9 Å². The summed E-state index contributed by atoms with van der Waals surface area (Å²) >= 11 is 12.2. The Morgan fingerprint density at radius 2 is 1.58 bits per heavy atom. The number of hydrogen-bond acceptors (Lipinski definition) is 3. The van der Waals surface area contributed by atoms with Crippen LogP contribution in [0.2, 0.25) is 10.0 Å². The number of aromatic nitrogens is 2. The van der Waals surface area contributed by atoms with Crippen LogP contribution in [0.25, 0.3) is 5.69 Å². The summed E-state index contributed by atoms with van der Waals surface area (Å²) in [6.07, 6.45) is -5.55. The molecular weight excluding hydrogens is 542 g/mol. The Kier molecular flexibility index (Phi) is 5.96. The molecular formula is C27H22Cl2F3N3O3. The number of anilines is 1. The molecule has 1 aliphatic heterocycles. The average molecular weight is 564 g/mol. The second-order valence-electron chi connectivity index (χ2n) is 10.3. The highest BCUT2D eigenvalue weighted by atomic mass is 35.5. The number of nitrogens with one attached hydrogen (secondary N) is 1. The van der Waals surface area contributed by atoms with Crippen LogP contribution < -0.4 is 10.5 Å². The molecule has 2 heterocycles. The molecule has 0 spiro atoms. The smallest absolute Gasteiger partial charge is 0.295 e. The number of para-hydroxylation sites is 1. The van der Waals surface area contributed by atoms with Gasteiger partial charge < -0.3 is 0 Å². The summed E-state index contributed by atoms with van der Waals surface area (Å²) in [7, 11) is 0.